The topological polar surface area (TPSA) is 101 Å². The Morgan fingerprint density at radius 3 is 2.33 bits per heavy atom. The lowest BCUT2D eigenvalue weighted by Crippen LogP contribution is -2.59. The molecule has 1 aliphatic carbocycles. The van der Waals surface area contributed by atoms with Gasteiger partial charge in [-0.2, -0.15) is 0 Å². The largest absolute Gasteiger partial charge is 0.480 e. The highest BCUT2D eigenvalue weighted by molar-refractivity contribution is 7.90. The Morgan fingerprint density at radius 2 is 1.90 bits per heavy atom. The second-order valence-corrected chi connectivity index (χ2v) is 7.43. The molecule has 0 atom stereocenters. The van der Waals surface area contributed by atoms with Crippen LogP contribution in [0.1, 0.15) is 35.2 Å². The third-order valence-electron chi connectivity index (χ3n) is 3.82. The SMILES string of the molecule is Cc1ccc(C(=O)NC2(C(=O)O)CCC2)cc1S(C)(=O)=O. The summed E-state index contributed by atoms with van der Waals surface area (Å²) in [6, 6.07) is 4.32. The lowest BCUT2D eigenvalue weighted by Gasteiger charge is -2.38. The first kappa shape index (κ1) is 15.5. The Bertz CT molecular complexity index is 704. The molecule has 1 aliphatic rings. The summed E-state index contributed by atoms with van der Waals surface area (Å²) in [4.78, 5) is 23.5. The summed E-state index contributed by atoms with van der Waals surface area (Å²) in [7, 11) is -3.44. The molecule has 0 spiro atoms. The van der Waals surface area contributed by atoms with E-state index >= 15 is 0 Å². The minimum Gasteiger partial charge on any atom is -0.480 e. The van der Waals surface area contributed by atoms with E-state index in [1.807, 2.05) is 0 Å². The van der Waals surface area contributed by atoms with Crippen molar-refractivity contribution in [3.63, 3.8) is 0 Å². The molecule has 0 unspecified atom stereocenters. The van der Waals surface area contributed by atoms with Crippen LogP contribution >= 0.6 is 0 Å². The molecule has 1 aromatic rings. The zero-order valence-corrected chi connectivity index (χ0v) is 12.7. The van der Waals surface area contributed by atoms with Gasteiger partial charge in [-0.15, -0.1) is 0 Å². The lowest BCUT2D eigenvalue weighted by atomic mass is 9.76. The Morgan fingerprint density at radius 1 is 1.29 bits per heavy atom. The van der Waals surface area contributed by atoms with Gasteiger partial charge >= 0.3 is 5.97 Å². The second kappa shape index (κ2) is 5.14. The van der Waals surface area contributed by atoms with Gasteiger partial charge in [0, 0.05) is 11.8 Å². The molecule has 0 heterocycles. The van der Waals surface area contributed by atoms with E-state index in [4.69, 9.17) is 0 Å². The molecular formula is C14H17NO5S. The Labute approximate surface area is 123 Å². The number of aliphatic carboxylic acids is 1. The molecule has 0 aliphatic heterocycles. The minimum atomic E-state index is -3.44. The predicted molar refractivity (Wildman–Crippen MR) is 76.0 cm³/mol. The molecule has 2 rings (SSSR count). The van der Waals surface area contributed by atoms with Crippen molar-refractivity contribution in [1.29, 1.82) is 0 Å². The maximum Gasteiger partial charge on any atom is 0.329 e. The van der Waals surface area contributed by atoms with Gasteiger partial charge in [0.15, 0.2) is 9.84 Å². The molecule has 6 nitrogen and oxygen atoms in total. The summed E-state index contributed by atoms with van der Waals surface area (Å²) >= 11 is 0. The van der Waals surface area contributed by atoms with Gasteiger partial charge in [-0.3, -0.25) is 4.79 Å². The number of carboxylic acids is 1. The van der Waals surface area contributed by atoms with Crippen LogP contribution in [0.25, 0.3) is 0 Å². The Balaban J connectivity index is 2.31. The highest BCUT2D eigenvalue weighted by atomic mass is 32.2. The van der Waals surface area contributed by atoms with Gasteiger partial charge in [0.1, 0.15) is 5.54 Å². The Hall–Kier alpha value is -1.89. The zero-order chi connectivity index (χ0) is 15.8. The van der Waals surface area contributed by atoms with Gasteiger partial charge in [-0.05, 0) is 43.9 Å². The number of rotatable bonds is 4. The van der Waals surface area contributed by atoms with Crippen molar-refractivity contribution >= 4 is 21.7 Å². The predicted octanol–water partition coefficient (Wildman–Crippen LogP) is 1.14. The maximum absolute atomic E-state index is 12.2. The van der Waals surface area contributed by atoms with Crippen LogP contribution in [0, 0.1) is 6.92 Å². The number of benzene rings is 1. The van der Waals surface area contributed by atoms with Crippen LogP contribution in [-0.4, -0.2) is 37.2 Å². The van der Waals surface area contributed by atoms with Crippen molar-refractivity contribution < 1.29 is 23.1 Å². The monoisotopic (exact) mass is 311 g/mol. The van der Waals surface area contributed by atoms with Crippen LogP contribution in [-0.2, 0) is 14.6 Å². The molecule has 21 heavy (non-hydrogen) atoms. The highest BCUT2D eigenvalue weighted by Crippen LogP contribution is 2.32. The molecule has 0 saturated heterocycles. The first-order valence-electron chi connectivity index (χ1n) is 6.52. The number of amides is 1. The van der Waals surface area contributed by atoms with Crippen molar-refractivity contribution in [1.82, 2.24) is 5.32 Å². The van der Waals surface area contributed by atoms with Crippen LogP contribution in [0.2, 0.25) is 0 Å². The number of hydrogen-bond donors (Lipinski definition) is 2. The van der Waals surface area contributed by atoms with E-state index in [1.54, 1.807) is 13.0 Å². The van der Waals surface area contributed by atoms with Gasteiger partial charge < -0.3 is 10.4 Å². The standard InChI is InChI=1S/C14H17NO5S/c1-9-4-5-10(8-11(9)21(2,19)20)12(16)15-14(13(17)18)6-3-7-14/h4-5,8H,3,6-7H2,1-2H3,(H,15,16)(H,17,18). The summed E-state index contributed by atoms with van der Waals surface area (Å²) in [5, 5.41) is 11.7. The number of aryl methyl sites for hydroxylation is 1. The average Bonchev–Trinajstić information content (AvgIpc) is 2.32. The molecule has 1 saturated carbocycles. The third-order valence-corrected chi connectivity index (χ3v) is 5.06. The van der Waals surface area contributed by atoms with Crippen LogP contribution in [0.15, 0.2) is 23.1 Å². The number of hydrogen-bond acceptors (Lipinski definition) is 4. The Kier molecular flexibility index (Phi) is 3.79. The maximum atomic E-state index is 12.2. The fourth-order valence-electron chi connectivity index (χ4n) is 2.35. The van der Waals surface area contributed by atoms with Gasteiger partial charge in [0.2, 0.25) is 0 Å². The summed E-state index contributed by atoms with van der Waals surface area (Å²) in [6.07, 6.45) is 2.59. The molecule has 0 aromatic heterocycles. The van der Waals surface area contributed by atoms with E-state index in [-0.39, 0.29) is 10.5 Å². The fourth-order valence-corrected chi connectivity index (χ4v) is 3.35. The van der Waals surface area contributed by atoms with E-state index in [1.165, 1.54) is 12.1 Å². The van der Waals surface area contributed by atoms with E-state index in [0.717, 1.165) is 12.7 Å². The van der Waals surface area contributed by atoms with Crippen LogP contribution in [0.5, 0.6) is 0 Å². The van der Waals surface area contributed by atoms with Gasteiger partial charge in [-0.1, -0.05) is 6.07 Å². The quantitative estimate of drug-likeness (QED) is 0.868. The van der Waals surface area contributed by atoms with Gasteiger partial charge in [-0.25, -0.2) is 13.2 Å². The summed E-state index contributed by atoms with van der Waals surface area (Å²) in [5.41, 5.74) is -0.521. The number of carbonyl (C=O) groups is 2. The van der Waals surface area contributed by atoms with E-state index in [9.17, 15) is 23.1 Å². The number of carbonyl (C=O) groups excluding carboxylic acids is 1. The molecule has 0 bridgehead atoms. The minimum absolute atomic E-state index is 0.0770. The van der Waals surface area contributed by atoms with Crippen molar-refractivity contribution in [2.75, 3.05) is 6.26 Å². The van der Waals surface area contributed by atoms with E-state index in [0.29, 0.717) is 18.4 Å². The van der Waals surface area contributed by atoms with Crippen molar-refractivity contribution in [2.24, 2.45) is 0 Å². The fraction of sp³-hybridized carbons (Fsp3) is 0.429. The highest BCUT2D eigenvalue weighted by Gasteiger charge is 2.45. The van der Waals surface area contributed by atoms with E-state index in [2.05, 4.69) is 5.32 Å². The van der Waals surface area contributed by atoms with Crippen LogP contribution in [0.4, 0.5) is 0 Å². The normalized spacial score (nSPS) is 16.9. The smallest absolute Gasteiger partial charge is 0.329 e. The third kappa shape index (κ3) is 2.92. The lowest BCUT2D eigenvalue weighted by molar-refractivity contribution is -0.148. The molecule has 7 heteroatoms. The summed E-state index contributed by atoms with van der Waals surface area (Å²) in [6.45, 7) is 1.64. The van der Waals surface area contributed by atoms with Gasteiger partial charge in [0.05, 0.1) is 4.90 Å². The molecule has 1 amide bonds. The van der Waals surface area contributed by atoms with Crippen molar-refractivity contribution in [2.45, 2.75) is 36.6 Å². The molecular weight excluding hydrogens is 294 g/mol. The first-order valence-corrected chi connectivity index (χ1v) is 8.41. The molecule has 2 N–H and O–H groups in total. The average molecular weight is 311 g/mol. The summed E-state index contributed by atoms with van der Waals surface area (Å²) < 4.78 is 23.3. The number of carboxylic acid groups (broad SMARTS) is 1. The molecule has 114 valence electrons. The first-order chi connectivity index (χ1) is 9.66. The zero-order valence-electron chi connectivity index (χ0n) is 11.8. The molecule has 1 fully saturated rings. The molecule has 0 radical (unpaired) electrons. The number of sulfone groups is 1. The van der Waals surface area contributed by atoms with Crippen molar-refractivity contribution in [3.05, 3.63) is 29.3 Å². The number of nitrogens with one attached hydrogen (secondary N) is 1. The van der Waals surface area contributed by atoms with E-state index < -0.39 is 27.3 Å². The van der Waals surface area contributed by atoms with Crippen molar-refractivity contribution in [3.8, 4) is 0 Å². The summed E-state index contributed by atoms with van der Waals surface area (Å²) in [5.74, 6) is -1.63. The van der Waals surface area contributed by atoms with Crippen LogP contribution in [0.3, 0.4) is 0 Å². The second-order valence-electron chi connectivity index (χ2n) is 5.45. The van der Waals surface area contributed by atoms with Crippen LogP contribution < -0.4 is 5.32 Å². The van der Waals surface area contributed by atoms with Gasteiger partial charge in [0.25, 0.3) is 5.91 Å². The molecule has 1 aromatic carbocycles.